The number of aromatic amines is 1. The molecule has 1 aromatic carbocycles. The van der Waals surface area contributed by atoms with Crippen molar-refractivity contribution >= 4 is 35.6 Å². The summed E-state index contributed by atoms with van der Waals surface area (Å²) in [6.07, 6.45) is 2.30. The van der Waals surface area contributed by atoms with Crippen LogP contribution in [0.15, 0.2) is 41.8 Å². The van der Waals surface area contributed by atoms with Crippen LogP contribution in [0.3, 0.4) is 0 Å². The zero-order valence-electron chi connectivity index (χ0n) is 23.2. The molecule has 0 aliphatic heterocycles. The molecule has 0 fully saturated rings. The molecule has 0 bridgehead atoms. The van der Waals surface area contributed by atoms with Crippen LogP contribution in [-0.4, -0.2) is 91.6 Å². The lowest BCUT2D eigenvalue weighted by atomic mass is 10.0. The van der Waals surface area contributed by atoms with Crippen LogP contribution >= 0.6 is 0 Å². The number of carboxylic acid groups (broad SMARTS) is 2. The molecule has 0 saturated heterocycles. The molecule has 0 aliphatic rings. The van der Waals surface area contributed by atoms with Gasteiger partial charge in [-0.25, -0.2) is 9.78 Å². The molecule has 0 radical (unpaired) electrons. The van der Waals surface area contributed by atoms with Crippen LogP contribution in [0.1, 0.15) is 36.9 Å². The van der Waals surface area contributed by atoms with Gasteiger partial charge in [0.2, 0.25) is 17.7 Å². The van der Waals surface area contributed by atoms with Gasteiger partial charge in [-0.2, -0.15) is 0 Å². The summed E-state index contributed by atoms with van der Waals surface area (Å²) in [5.74, 6) is -5.04. The van der Waals surface area contributed by atoms with E-state index in [1.807, 2.05) is 0 Å². The first-order valence-corrected chi connectivity index (χ1v) is 13.3. The van der Waals surface area contributed by atoms with E-state index in [0.717, 1.165) is 0 Å². The molecule has 0 saturated carbocycles. The first kappa shape index (κ1) is 34.0. The number of carbonyl (C=O) groups excluding carboxylic acids is 3. The number of benzene rings is 1. The van der Waals surface area contributed by atoms with E-state index in [1.165, 1.54) is 36.8 Å². The fourth-order valence-electron chi connectivity index (χ4n) is 3.90. The number of aromatic hydroxyl groups is 1. The van der Waals surface area contributed by atoms with Gasteiger partial charge in [0.25, 0.3) is 0 Å². The maximum Gasteiger partial charge on any atom is 0.326 e. The van der Waals surface area contributed by atoms with Crippen molar-refractivity contribution in [2.45, 2.75) is 62.7 Å². The van der Waals surface area contributed by atoms with Crippen molar-refractivity contribution < 1.29 is 39.3 Å². The van der Waals surface area contributed by atoms with Crippen molar-refractivity contribution in [3.05, 3.63) is 48.0 Å². The van der Waals surface area contributed by atoms with Gasteiger partial charge < -0.3 is 53.5 Å². The Labute approximate surface area is 246 Å². The van der Waals surface area contributed by atoms with Crippen LogP contribution in [0.5, 0.6) is 5.75 Å². The van der Waals surface area contributed by atoms with Crippen molar-refractivity contribution in [2.24, 2.45) is 22.2 Å². The number of guanidine groups is 1. The Morgan fingerprint density at radius 3 is 2.09 bits per heavy atom. The van der Waals surface area contributed by atoms with Crippen molar-refractivity contribution in [2.75, 3.05) is 6.54 Å². The molecule has 1 heterocycles. The van der Waals surface area contributed by atoms with Crippen LogP contribution < -0.4 is 33.2 Å². The normalized spacial score (nSPS) is 13.5. The number of aliphatic imine (C=N–C) groups is 1. The molecular formula is C26H37N9O8. The predicted molar refractivity (Wildman–Crippen MR) is 152 cm³/mol. The van der Waals surface area contributed by atoms with Gasteiger partial charge in [-0.1, -0.05) is 12.1 Å². The standard InChI is InChI=1S/C26H37N9O8/c27-17(7-8-21(37)38)22(39)34-19(11-15-12-30-13-32-15)24(41)33-18(2-1-9-31-26(28)29)23(40)35-20(25(42)43)10-14-3-5-16(36)6-4-14/h3-6,12-13,17-20,36H,1-2,7-11,27H2,(H,30,32)(H,33,41)(H,34,39)(H,35,40)(H,37,38)(H,42,43)(H4,28,29,31). The zero-order chi connectivity index (χ0) is 31.9. The number of nitrogens with one attached hydrogen (secondary N) is 4. The Kier molecular flexibility index (Phi) is 13.4. The summed E-state index contributed by atoms with van der Waals surface area (Å²) in [7, 11) is 0. The minimum Gasteiger partial charge on any atom is -0.508 e. The number of rotatable bonds is 18. The largest absolute Gasteiger partial charge is 0.508 e. The van der Waals surface area contributed by atoms with E-state index in [-0.39, 0.29) is 56.8 Å². The molecule has 2 rings (SSSR count). The van der Waals surface area contributed by atoms with Crippen molar-refractivity contribution in [3.63, 3.8) is 0 Å². The Balaban J connectivity index is 2.23. The second kappa shape index (κ2) is 16.9. The summed E-state index contributed by atoms with van der Waals surface area (Å²) in [5.41, 5.74) is 17.5. The smallest absolute Gasteiger partial charge is 0.326 e. The number of hydrogen-bond donors (Lipinski definition) is 10. The average Bonchev–Trinajstić information content (AvgIpc) is 3.46. The molecule has 4 unspecified atom stereocenters. The quantitative estimate of drug-likeness (QED) is 0.0488. The van der Waals surface area contributed by atoms with Crippen molar-refractivity contribution in [1.29, 1.82) is 0 Å². The van der Waals surface area contributed by atoms with E-state index < -0.39 is 53.8 Å². The predicted octanol–water partition coefficient (Wildman–Crippen LogP) is -2.31. The van der Waals surface area contributed by atoms with E-state index in [2.05, 4.69) is 30.9 Å². The Morgan fingerprint density at radius 1 is 0.884 bits per heavy atom. The lowest BCUT2D eigenvalue weighted by Gasteiger charge is -2.25. The van der Waals surface area contributed by atoms with E-state index >= 15 is 0 Å². The third-order valence-electron chi connectivity index (χ3n) is 6.19. The third-order valence-corrected chi connectivity index (χ3v) is 6.19. The number of carboxylic acids is 2. The molecular weight excluding hydrogens is 566 g/mol. The van der Waals surface area contributed by atoms with E-state index in [9.17, 15) is 34.2 Å². The molecule has 13 N–H and O–H groups in total. The monoisotopic (exact) mass is 603 g/mol. The topological polar surface area (TPSA) is 301 Å². The maximum atomic E-state index is 13.4. The maximum absolute atomic E-state index is 13.4. The number of phenols is 1. The highest BCUT2D eigenvalue weighted by Gasteiger charge is 2.31. The minimum absolute atomic E-state index is 0.00273. The van der Waals surface area contributed by atoms with Gasteiger partial charge in [-0.3, -0.25) is 24.2 Å². The molecule has 17 heteroatoms. The van der Waals surface area contributed by atoms with E-state index in [4.69, 9.17) is 22.3 Å². The van der Waals surface area contributed by atoms with Crippen LogP contribution in [0.25, 0.3) is 0 Å². The number of phenolic OH excluding ortho intramolecular Hbond substituents is 1. The van der Waals surface area contributed by atoms with Gasteiger partial charge in [-0.15, -0.1) is 0 Å². The van der Waals surface area contributed by atoms with Crippen molar-refractivity contribution in [1.82, 2.24) is 25.9 Å². The van der Waals surface area contributed by atoms with Crippen LogP contribution in [0.2, 0.25) is 0 Å². The van der Waals surface area contributed by atoms with Gasteiger partial charge >= 0.3 is 11.9 Å². The summed E-state index contributed by atoms with van der Waals surface area (Å²) in [6.45, 7) is 0.116. The minimum atomic E-state index is -1.37. The molecule has 1 aromatic heterocycles. The highest BCUT2D eigenvalue weighted by Crippen LogP contribution is 2.12. The molecule has 43 heavy (non-hydrogen) atoms. The van der Waals surface area contributed by atoms with E-state index in [1.54, 1.807) is 0 Å². The highest BCUT2D eigenvalue weighted by molar-refractivity contribution is 5.94. The number of carbonyl (C=O) groups is 5. The SMILES string of the molecule is NC(N)=NCCCC(NC(=O)C(Cc1cnc[nH]1)NC(=O)C(N)CCC(=O)O)C(=O)NC(Cc1ccc(O)cc1)C(=O)O. The molecule has 2 aromatic rings. The Bertz CT molecular complexity index is 1260. The number of amides is 3. The van der Waals surface area contributed by atoms with Gasteiger partial charge in [0.1, 0.15) is 23.9 Å². The number of H-pyrrole nitrogens is 1. The summed E-state index contributed by atoms with van der Waals surface area (Å²) in [6, 6.07) is 0.667. The summed E-state index contributed by atoms with van der Waals surface area (Å²) < 4.78 is 0. The molecule has 4 atom stereocenters. The van der Waals surface area contributed by atoms with Gasteiger partial charge in [0.15, 0.2) is 5.96 Å². The molecule has 0 aliphatic carbocycles. The fraction of sp³-hybridized carbons (Fsp3) is 0.423. The molecule has 3 amide bonds. The average molecular weight is 604 g/mol. The summed E-state index contributed by atoms with van der Waals surface area (Å²) >= 11 is 0. The molecule has 0 spiro atoms. The van der Waals surface area contributed by atoms with E-state index in [0.29, 0.717) is 11.3 Å². The first-order chi connectivity index (χ1) is 20.3. The highest BCUT2D eigenvalue weighted by atomic mass is 16.4. The Morgan fingerprint density at radius 2 is 1.51 bits per heavy atom. The van der Waals surface area contributed by atoms with Gasteiger partial charge in [-0.05, 0) is 37.0 Å². The first-order valence-electron chi connectivity index (χ1n) is 13.3. The number of nitrogens with zero attached hydrogens (tertiary/aromatic N) is 2. The molecule has 17 nitrogen and oxygen atoms in total. The number of aliphatic carboxylic acids is 2. The van der Waals surface area contributed by atoms with Gasteiger partial charge in [0.05, 0.1) is 12.4 Å². The second-order valence-electron chi connectivity index (χ2n) is 9.66. The Hall–Kier alpha value is -5.19. The lowest BCUT2D eigenvalue weighted by molar-refractivity contribution is -0.142. The fourth-order valence-corrected chi connectivity index (χ4v) is 3.90. The number of hydrogen-bond acceptors (Lipinski definition) is 9. The lowest BCUT2D eigenvalue weighted by Crippen LogP contribution is -2.57. The third kappa shape index (κ3) is 12.5. The number of nitrogens with two attached hydrogens (primary N) is 3. The number of imidazole rings is 1. The summed E-state index contributed by atoms with van der Waals surface area (Å²) in [5, 5.41) is 35.6. The van der Waals surface area contributed by atoms with Crippen LogP contribution in [0.4, 0.5) is 0 Å². The zero-order valence-corrected chi connectivity index (χ0v) is 23.2. The van der Waals surface area contributed by atoms with Crippen molar-refractivity contribution in [3.8, 4) is 5.75 Å². The van der Waals surface area contributed by atoms with Gasteiger partial charge in [0, 0.05) is 37.7 Å². The van der Waals surface area contributed by atoms with Crippen LogP contribution in [0, 0.1) is 0 Å². The second-order valence-corrected chi connectivity index (χ2v) is 9.66. The number of aromatic nitrogens is 2. The molecule has 234 valence electrons. The summed E-state index contributed by atoms with van der Waals surface area (Å²) in [4.78, 5) is 72.7. The van der Waals surface area contributed by atoms with Crippen LogP contribution in [-0.2, 0) is 36.8 Å².